The molecule has 0 atom stereocenters. The molecule has 0 bridgehead atoms. The van der Waals surface area contributed by atoms with Crippen molar-refractivity contribution < 1.29 is 22.4 Å². The maximum atomic E-state index is 12.6. The van der Waals surface area contributed by atoms with E-state index in [1.54, 1.807) is 37.3 Å². The SMILES string of the molecule is COc1cc(NS(=O)(=O)c2ccc(-c3cc(C)no3)s2)cc(OC)c1. The lowest BCUT2D eigenvalue weighted by Crippen LogP contribution is -2.11. The summed E-state index contributed by atoms with van der Waals surface area (Å²) < 4.78 is 43.4. The number of benzene rings is 1. The van der Waals surface area contributed by atoms with Gasteiger partial charge in [0.2, 0.25) is 0 Å². The molecule has 0 aliphatic heterocycles. The van der Waals surface area contributed by atoms with Crippen molar-refractivity contribution in [2.75, 3.05) is 18.9 Å². The Morgan fingerprint density at radius 1 is 1.08 bits per heavy atom. The standard InChI is InChI=1S/C16H16N2O5S2/c1-10-6-14(23-17-10)15-4-5-16(24-15)25(19,20)18-11-7-12(21-2)9-13(8-11)22-3/h4-9,18H,1-3H3. The fourth-order valence-electron chi connectivity index (χ4n) is 2.15. The first-order valence-electron chi connectivity index (χ1n) is 7.20. The highest BCUT2D eigenvalue weighted by atomic mass is 32.2. The summed E-state index contributed by atoms with van der Waals surface area (Å²) in [6.45, 7) is 1.80. The first-order valence-corrected chi connectivity index (χ1v) is 9.50. The smallest absolute Gasteiger partial charge is 0.271 e. The maximum Gasteiger partial charge on any atom is 0.271 e. The molecule has 2 aromatic heterocycles. The van der Waals surface area contributed by atoms with E-state index in [1.807, 2.05) is 0 Å². The number of rotatable bonds is 6. The van der Waals surface area contributed by atoms with Gasteiger partial charge in [0.15, 0.2) is 5.76 Å². The quantitative estimate of drug-likeness (QED) is 0.703. The summed E-state index contributed by atoms with van der Waals surface area (Å²) in [5, 5.41) is 3.81. The lowest BCUT2D eigenvalue weighted by Gasteiger charge is -2.10. The molecular formula is C16H16N2O5S2. The van der Waals surface area contributed by atoms with E-state index in [-0.39, 0.29) is 4.21 Å². The number of thiophene rings is 1. The predicted molar refractivity (Wildman–Crippen MR) is 94.9 cm³/mol. The number of ether oxygens (including phenoxy) is 2. The molecule has 0 fully saturated rings. The molecule has 3 rings (SSSR count). The van der Waals surface area contributed by atoms with Crippen molar-refractivity contribution in [2.45, 2.75) is 11.1 Å². The highest BCUT2D eigenvalue weighted by Crippen LogP contribution is 2.33. The molecule has 1 aromatic carbocycles. The minimum atomic E-state index is -3.75. The predicted octanol–water partition coefficient (Wildman–Crippen LogP) is 3.53. The van der Waals surface area contributed by atoms with Gasteiger partial charge in [0.05, 0.1) is 30.5 Å². The van der Waals surface area contributed by atoms with Crippen molar-refractivity contribution >= 4 is 27.0 Å². The van der Waals surface area contributed by atoms with Crippen LogP contribution < -0.4 is 14.2 Å². The van der Waals surface area contributed by atoms with Crippen molar-refractivity contribution in [3.8, 4) is 22.1 Å². The number of aryl methyl sites for hydroxylation is 1. The molecule has 0 amide bonds. The number of hydrogen-bond donors (Lipinski definition) is 1. The molecule has 3 aromatic rings. The Labute approximate surface area is 149 Å². The van der Waals surface area contributed by atoms with Crippen molar-refractivity contribution in [2.24, 2.45) is 0 Å². The summed E-state index contributed by atoms with van der Waals surface area (Å²) in [4.78, 5) is 0.684. The van der Waals surface area contributed by atoms with Crippen LogP contribution in [0.25, 0.3) is 10.6 Å². The summed E-state index contributed by atoms with van der Waals surface area (Å²) in [7, 11) is -0.752. The number of hydrogen-bond acceptors (Lipinski definition) is 7. The van der Waals surface area contributed by atoms with Crippen molar-refractivity contribution in [3.63, 3.8) is 0 Å². The van der Waals surface area contributed by atoms with Gasteiger partial charge in [0.1, 0.15) is 15.7 Å². The molecule has 0 aliphatic rings. The molecule has 0 unspecified atom stereocenters. The zero-order valence-corrected chi connectivity index (χ0v) is 15.4. The van der Waals surface area contributed by atoms with Gasteiger partial charge in [0, 0.05) is 24.3 Å². The van der Waals surface area contributed by atoms with Crippen LogP contribution in [-0.2, 0) is 10.0 Å². The van der Waals surface area contributed by atoms with Gasteiger partial charge in [-0.15, -0.1) is 11.3 Å². The number of aromatic nitrogens is 1. The Morgan fingerprint density at radius 3 is 2.32 bits per heavy atom. The Balaban J connectivity index is 1.89. The van der Waals surface area contributed by atoms with Gasteiger partial charge >= 0.3 is 0 Å². The number of nitrogens with one attached hydrogen (secondary N) is 1. The van der Waals surface area contributed by atoms with Crippen LogP contribution in [0.2, 0.25) is 0 Å². The van der Waals surface area contributed by atoms with Gasteiger partial charge in [-0.05, 0) is 19.1 Å². The van der Waals surface area contributed by atoms with E-state index in [4.69, 9.17) is 14.0 Å². The molecule has 132 valence electrons. The number of anilines is 1. The molecule has 0 aliphatic carbocycles. The summed E-state index contributed by atoms with van der Waals surface area (Å²) in [5.41, 5.74) is 1.08. The Kier molecular flexibility index (Phi) is 4.69. The van der Waals surface area contributed by atoms with E-state index in [0.29, 0.717) is 27.8 Å². The second kappa shape index (κ2) is 6.77. The number of sulfonamides is 1. The van der Waals surface area contributed by atoms with E-state index < -0.39 is 10.0 Å². The van der Waals surface area contributed by atoms with Crippen LogP contribution in [0.1, 0.15) is 5.69 Å². The van der Waals surface area contributed by atoms with Crippen LogP contribution in [0.15, 0.2) is 45.1 Å². The molecule has 1 N–H and O–H groups in total. The van der Waals surface area contributed by atoms with Gasteiger partial charge < -0.3 is 14.0 Å². The highest BCUT2D eigenvalue weighted by molar-refractivity contribution is 7.94. The van der Waals surface area contributed by atoms with Crippen LogP contribution >= 0.6 is 11.3 Å². The van der Waals surface area contributed by atoms with Gasteiger partial charge in [-0.1, -0.05) is 5.16 Å². The van der Waals surface area contributed by atoms with Crippen LogP contribution in [0.3, 0.4) is 0 Å². The third kappa shape index (κ3) is 3.77. The van der Waals surface area contributed by atoms with E-state index in [1.165, 1.54) is 20.3 Å². The zero-order valence-electron chi connectivity index (χ0n) is 13.8. The van der Waals surface area contributed by atoms with Crippen LogP contribution in [0, 0.1) is 6.92 Å². The van der Waals surface area contributed by atoms with E-state index in [9.17, 15) is 8.42 Å². The molecular weight excluding hydrogens is 364 g/mol. The van der Waals surface area contributed by atoms with Gasteiger partial charge in [0.25, 0.3) is 10.0 Å². The lowest BCUT2D eigenvalue weighted by atomic mass is 10.3. The van der Waals surface area contributed by atoms with Crippen molar-refractivity contribution in [3.05, 3.63) is 42.1 Å². The van der Waals surface area contributed by atoms with Crippen LogP contribution in [0.4, 0.5) is 5.69 Å². The third-order valence-corrected chi connectivity index (χ3v) is 6.29. The second-order valence-electron chi connectivity index (χ2n) is 5.16. The zero-order chi connectivity index (χ0) is 18.0. The van der Waals surface area contributed by atoms with E-state index in [0.717, 1.165) is 17.0 Å². The van der Waals surface area contributed by atoms with Crippen LogP contribution in [0.5, 0.6) is 11.5 Å². The molecule has 0 saturated carbocycles. The Bertz CT molecular complexity index is 969. The van der Waals surface area contributed by atoms with Gasteiger partial charge in [-0.25, -0.2) is 8.42 Å². The van der Waals surface area contributed by atoms with Crippen LogP contribution in [-0.4, -0.2) is 27.8 Å². The minimum Gasteiger partial charge on any atom is -0.497 e. The Morgan fingerprint density at radius 2 is 1.76 bits per heavy atom. The van der Waals surface area contributed by atoms with Gasteiger partial charge in [-0.2, -0.15) is 0 Å². The largest absolute Gasteiger partial charge is 0.497 e. The minimum absolute atomic E-state index is 0.165. The second-order valence-corrected chi connectivity index (χ2v) is 8.15. The molecule has 25 heavy (non-hydrogen) atoms. The molecule has 2 heterocycles. The topological polar surface area (TPSA) is 90.7 Å². The highest BCUT2D eigenvalue weighted by Gasteiger charge is 2.19. The fourth-order valence-corrected chi connectivity index (χ4v) is 4.44. The number of nitrogens with zero attached hydrogens (tertiary/aromatic N) is 1. The van der Waals surface area contributed by atoms with Gasteiger partial charge in [-0.3, -0.25) is 4.72 Å². The van der Waals surface area contributed by atoms with Crippen molar-refractivity contribution in [1.82, 2.24) is 5.16 Å². The first-order chi connectivity index (χ1) is 11.9. The lowest BCUT2D eigenvalue weighted by molar-refractivity contribution is 0.395. The fraction of sp³-hybridized carbons (Fsp3) is 0.188. The molecule has 7 nitrogen and oxygen atoms in total. The molecule has 9 heteroatoms. The average molecular weight is 380 g/mol. The molecule has 0 spiro atoms. The van der Waals surface area contributed by atoms with E-state index in [2.05, 4.69) is 9.88 Å². The Hall–Kier alpha value is -2.52. The molecule has 0 saturated heterocycles. The first kappa shape index (κ1) is 17.3. The summed E-state index contributed by atoms with van der Waals surface area (Å²) in [6.07, 6.45) is 0. The summed E-state index contributed by atoms with van der Waals surface area (Å²) >= 11 is 1.10. The number of methoxy groups -OCH3 is 2. The summed E-state index contributed by atoms with van der Waals surface area (Å²) in [6, 6.07) is 9.78. The van der Waals surface area contributed by atoms with E-state index >= 15 is 0 Å². The third-order valence-electron chi connectivity index (χ3n) is 3.32. The average Bonchev–Trinajstić information content (AvgIpc) is 3.23. The summed E-state index contributed by atoms with van der Waals surface area (Å²) in [5.74, 6) is 1.51. The normalized spacial score (nSPS) is 11.3. The molecule has 0 radical (unpaired) electrons. The monoisotopic (exact) mass is 380 g/mol. The van der Waals surface area contributed by atoms with Crippen molar-refractivity contribution in [1.29, 1.82) is 0 Å². The maximum absolute atomic E-state index is 12.6.